The highest BCUT2D eigenvalue weighted by Crippen LogP contribution is 2.08. The second kappa shape index (κ2) is 3.00. The molecule has 2 rings (SSSR count). The van der Waals surface area contributed by atoms with Crippen LogP contribution in [0.5, 0.6) is 0 Å². The van der Waals surface area contributed by atoms with Crippen LogP contribution in [0, 0.1) is 6.33 Å². The SMILES string of the molecule is [c]1nccc(-c2ccnnn2)n1. The number of hydrogen-bond acceptors (Lipinski definition) is 5. The van der Waals surface area contributed by atoms with E-state index in [1.165, 1.54) is 0 Å². The summed E-state index contributed by atoms with van der Waals surface area (Å²) in [6, 6.07) is 3.46. The number of rotatable bonds is 1. The monoisotopic (exact) mass is 158 g/mol. The van der Waals surface area contributed by atoms with Crippen molar-refractivity contribution in [2.45, 2.75) is 0 Å². The van der Waals surface area contributed by atoms with Gasteiger partial charge in [-0.2, -0.15) is 0 Å². The highest BCUT2D eigenvalue weighted by Gasteiger charge is 1.98. The molecule has 57 valence electrons. The van der Waals surface area contributed by atoms with Crippen molar-refractivity contribution in [3.8, 4) is 11.4 Å². The lowest BCUT2D eigenvalue weighted by atomic mass is 10.3. The Kier molecular flexibility index (Phi) is 1.69. The van der Waals surface area contributed by atoms with E-state index in [-0.39, 0.29) is 0 Å². The van der Waals surface area contributed by atoms with E-state index in [2.05, 4.69) is 31.7 Å². The van der Waals surface area contributed by atoms with Crippen LogP contribution < -0.4 is 0 Å². The van der Waals surface area contributed by atoms with Gasteiger partial charge in [0.2, 0.25) is 0 Å². The molecular formula is C7H4N5. The third-order valence-corrected chi connectivity index (χ3v) is 1.30. The molecule has 0 bridgehead atoms. The van der Waals surface area contributed by atoms with Crippen LogP contribution in [0.3, 0.4) is 0 Å². The summed E-state index contributed by atoms with van der Waals surface area (Å²) >= 11 is 0. The molecule has 2 aromatic heterocycles. The van der Waals surface area contributed by atoms with Gasteiger partial charge in [0, 0.05) is 6.20 Å². The molecule has 0 N–H and O–H groups in total. The maximum absolute atomic E-state index is 3.88. The number of hydrogen-bond donors (Lipinski definition) is 0. The molecule has 0 spiro atoms. The first-order valence-corrected chi connectivity index (χ1v) is 3.30. The highest BCUT2D eigenvalue weighted by molar-refractivity contribution is 5.50. The summed E-state index contributed by atoms with van der Waals surface area (Å²) in [5.74, 6) is 0. The Morgan fingerprint density at radius 3 is 2.67 bits per heavy atom. The zero-order valence-electron chi connectivity index (χ0n) is 6.05. The van der Waals surface area contributed by atoms with Crippen molar-refractivity contribution in [2.75, 3.05) is 0 Å². The normalized spacial score (nSPS) is 9.67. The molecule has 0 aromatic carbocycles. The highest BCUT2D eigenvalue weighted by atomic mass is 15.3. The van der Waals surface area contributed by atoms with Crippen molar-refractivity contribution in [2.24, 2.45) is 0 Å². The van der Waals surface area contributed by atoms with Crippen molar-refractivity contribution < 1.29 is 0 Å². The molecule has 5 nitrogen and oxygen atoms in total. The second-order valence-corrected chi connectivity index (χ2v) is 2.05. The lowest BCUT2D eigenvalue weighted by Crippen LogP contribution is -1.91. The van der Waals surface area contributed by atoms with E-state index in [0.29, 0.717) is 11.4 Å². The fraction of sp³-hybridized carbons (Fsp3) is 0. The molecule has 0 aliphatic heterocycles. The third kappa shape index (κ3) is 1.24. The van der Waals surface area contributed by atoms with Crippen LogP contribution in [0.25, 0.3) is 11.4 Å². The van der Waals surface area contributed by atoms with E-state index in [0.717, 1.165) is 0 Å². The second-order valence-electron chi connectivity index (χ2n) is 2.05. The topological polar surface area (TPSA) is 64.5 Å². The van der Waals surface area contributed by atoms with Crippen molar-refractivity contribution in [1.82, 2.24) is 25.4 Å². The fourth-order valence-corrected chi connectivity index (χ4v) is 0.782. The smallest absolute Gasteiger partial charge is 0.198 e. The average Bonchev–Trinajstić information content (AvgIpc) is 2.21. The van der Waals surface area contributed by atoms with Crippen molar-refractivity contribution in [3.63, 3.8) is 0 Å². The van der Waals surface area contributed by atoms with Gasteiger partial charge in [0.05, 0.1) is 11.9 Å². The van der Waals surface area contributed by atoms with E-state index in [1.807, 2.05) is 0 Å². The maximum Gasteiger partial charge on any atom is 0.198 e. The molecule has 0 unspecified atom stereocenters. The fourth-order valence-electron chi connectivity index (χ4n) is 0.782. The van der Waals surface area contributed by atoms with Gasteiger partial charge in [-0.15, -0.1) is 10.2 Å². The Balaban J connectivity index is 2.46. The molecule has 0 atom stereocenters. The molecule has 0 aliphatic rings. The van der Waals surface area contributed by atoms with E-state index in [1.54, 1.807) is 24.5 Å². The third-order valence-electron chi connectivity index (χ3n) is 1.30. The van der Waals surface area contributed by atoms with Crippen LogP contribution in [-0.4, -0.2) is 25.4 Å². The van der Waals surface area contributed by atoms with Gasteiger partial charge in [0.15, 0.2) is 6.33 Å². The average molecular weight is 158 g/mol. The number of aromatic nitrogens is 5. The van der Waals surface area contributed by atoms with Crippen molar-refractivity contribution in [3.05, 3.63) is 30.9 Å². The molecule has 0 aliphatic carbocycles. The largest absolute Gasteiger partial charge is 0.234 e. The van der Waals surface area contributed by atoms with Crippen LogP contribution in [-0.2, 0) is 0 Å². The Morgan fingerprint density at radius 2 is 2.00 bits per heavy atom. The molecule has 12 heavy (non-hydrogen) atoms. The maximum atomic E-state index is 3.88. The van der Waals surface area contributed by atoms with Gasteiger partial charge < -0.3 is 0 Å². The van der Waals surface area contributed by atoms with Gasteiger partial charge in [-0.3, -0.25) is 0 Å². The summed E-state index contributed by atoms with van der Waals surface area (Å²) < 4.78 is 0. The van der Waals surface area contributed by atoms with Crippen LogP contribution in [0.2, 0.25) is 0 Å². The number of nitrogens with zero attached hydrogens (tertiary/aromatic N) is 5. The summed E-state index contributed by atoms with van der Waals surface area (Å²) in [5.41, 5.74) is 1.36. The Bertz CT molecular complexity index is 309. The van der Waals surface area contributed by atoms with Crippen LogP contribution in [0.1, 0.15) is 0 Å². The minimum absolute atomic E-state index is 0.670. The zero-order chi connectivity index (χ0) is 8.23. The zero-order valence-corrected chi connectivity index (χ0v) is 6.05. The lowest BCUT2D eigenvalue weighted by molar-refractivity contribution is 0.867. The summed E-state index contributed by atoms with van der Waals surface area (Å²) in [6.07, 6.45) is 5.63. The van der Waals surface area contributed by atoms with E-state index < -0.39 is 0 Å². The quantitative estimate of drug-likeness (QED) is 0.590. The molecule has 0 amide bonds. The summed E-state index contributed by atoms with van der Waals surface area (Å²) in [5, 5.41) is 10.8. The van der Waals surface area contributed by atoms with E-state index in [4.69, 9.17) is 0 Å². The van der Waals surface area contributed by atoms with Crippen LogP contribution in [0.15, 0.2) is 24.5 Å². The van der Waals surface area contributed by atoms with Gasteiger partial charge in [-0.05, 0) is 17.3 Å². The van der Waals surface area contributed by atoms with Gasteiger partial charge in [-0.25, -0.2) is 9.97 Å². The minimum atomic E-state index is 0.670. The van der Waals surface area contributed by atoms with E-state index in [9.17, 15) is 0 Å². The predicted octanol–water partition coefficient (Wildman–Crippen LogP) is 0.129. The Labute approximate surface area is 68.5 Å². The first-order chi connectivity index (χ1) is 5.97. The Morgan fingerprint density at radius 1 is 1.08 bits per heavy atom. The summed E-state index contributed by atoms with van der Waals surface area (Å²) in [7, 11) is 0. The standard InChI is InChI=1S/C7H4N5/c1-3-8-5-9-6(1)7-2-4-10-12-11-7/h1-4H. The summed E-state index contributed by atoms with van der Waals surface area (Å²) in [4.78, 5) is 7.55. The van der Waals surface area contributed by atoms with Crippen molar-refractivity contribution in [1.29, 1.82) is 0 Å². The molecule has 1 radical (unpaired) electrons. The van der Waals surface area contributed by atoms with Gasteiger partial charge in [-0.1, -0.05) is 0 Å². The first-order valence-electron chi connectivity index (χ1n) is 3.30. The first kappa shape index (κ1) is 6.78. The minimum Gasteiger partial charge on any atom is -0.234 e. The van der Waals surface area contributed by atoms with Crippen LogP contribution in [0.4, 0.5) is 0 Å². The molecule has 0 saturated heterocycles. The van der Waals surface area contributed by atoms with Gasteiger partial charge in [0.1, 0.15) is 5.69 Å². The molecule has 0 saturated carbocycles. The lowest BCUT2D eigenvalue weighted by Gasteiger charge is -1.93. The van der Waals surface area contributed by atoms with Gasteiger partial charge >= 0.3 is 0 Å². The Hall–Kier alpha value is -1.91. The predicted molar refractivity (Wildman–Crippen MR) is 39.7 cm³/mol. The molecule has 0 fully saturated rings. The molecule has 2 aromatic rings. The molecule has 2 heterocycles. The van der Waals surface area contributed by atoms with Crippen molar-refractivity contribution >= 4 is 0 Å². The van der Waals surface area contributed by atoms with Crippen LogP contribution >= 0.6 is 0 Å². The van der Waals surface area contributed by atoms with Gasteiger partial charge in [0.25, 0.3) is 0 Å². The summed E-state index contributed by atoms with van der Waals surface area (Å²) in [6.45, 7) is 0. The molecular weight excluding hydrogens is 154 g/mol. The molecule has 5 heteroatoms. The van der Waals surface area contributed by atoms with E-state index >= 15 is 0 Å².